The predicted octanol–water partition coefficient (Wildman–Crippen LogP) is 2.20. The fourth-order valence-corrected chi connectivity index (χ4v) is 2.60. The Hall–Kier alpha value is -1.20. The minimum atomic E-state index is -0.325. The van der Waals surface area contributed by atoms with Crippen LogP contribution in [0.4, 0.5) is 5.82 Å². The van der Waals surface area contributed by atoms with E-state index >= 15 is 0 Å². The van der Waals surface area contributed by atoms with Crippen molar-refractivity contribution in [1.29, 1.82) is 0 Å². The van der Waals surface area contributed by atoms with Gasteiger partial charge in [0.1, 0.15) is 11.4 Å². The Labute approximate surface area is 108 Å². The smallest absolute Gasteiger partial charge is 0.162 e. The van der Waals surface area contributed by atoms with Crippen molar-refractivity contribution in [3.8, 4) is 0 Å². The maximum atomic E-state index is 6.01. The van der Waals surface area contributed by atoms with Crippen LogP contribution < -0.4 is 11.3 Å². The molecule has 1 aromatic rings. The molecule has 0 radical (unpaired) electrons. The molecule has 0 atom stereocenters. The summed E-state index contributed by atoms with van der Waals surface area (Å²) in [5.74, 6) is 7.56. The Kier molecular flexibility index (Phi) is 4.14. The van der Waals surface area contributed by atoms with Gasteiger partial charge in [0.15, 0.2) is 5.82 Å². The van der Waals surface area contributed by atoms with Gasteiger partial charge < -0.3 is 10.2 Å². The Morgan fingerprint density at radius 1 is 1.50 bits per heavy atom. The lowest BCUT2D eigenvalue weighted by Gasteiger charge is -2.37. The molecule has 1 aromatic heterocycles. The van der Waals surface area contributed by atoms with Crippen LogP contribution in [0.3, 0.4) is 0 Å². The number of hydrogen-bond acceptors (Lipinski definition) is 5. The van der Waals surface area contributed by atoms with Gasteiger partial charge in [-0.05, 0) is 38.5 Å². The summed E-state index contributed by atoms with van der Waals surface area (Å²) in [4.78, 5) is 8.85. The van der Waals surface area contributed by atoms with Crippen LogP contribution in [0.2, 0.25) is 0 Å². The van der Waals surface area contributed by atoms with Gasteiger partial charge in [-0.1, -0.05) is 6.92 Å². The molecule has 3 N–H and O–H groups in total. The number of aromatic nitrogens is 2. The second-order valence-electron chi connectivity index (χ2n) is 5.02. The van der Waals surface area contributed by atoms with E-state index in [9.17, 15) is 0 Å². The quantitative estimate of drug-likeness (QED) is 0.633. The summed E-state index contributed by atoms with van der Waals surface area (Å²) in [7, 11) is 0. The van der Waals surface area contributed by atoms with E-state index in [2.05, 4.69) is 22.3 Å². The van der Waals surface area contributed by atoms with Crippen LogP contribution in [0, 0.1) is 5.92 Å². The van der Waals surface area contributed by atoms with Gasteiger partial charge in [0.25, 0.3) is 0 Å². The number of ether oxygens (including phenoxy) is 1. The minimum Gasteiger partial charge on any atom is -0.367 e. The van der Waals surface area contributed by atoms with E-state index < -0.39 is 0 Å². The van der Waals surface area contributed by atoms with E-state index in [-0.39, 0.29) is 5.60 Å². The van der Waals surface area contributed by atoms with Gasteiger partial charge in [-0.2, -0.15) is 0 Å². The van der Waals surface area contributed by atoms with Crippen molar-refractivity contribution >= 4 is 5.82 Å². The third-order valence-corrected chi connectivity index (χ3v) is 3.71. The number of hydrazine groups is 1. The molecule has 18 heavy (non-hydrogen) atoms. The lowest BCUT2D eigenvalue weighted by atomic mass is 9.79. The number of nitrogens with one attached hydrogen (secondary N) is 1. The van der Waals surface area contributed by atoms with E-state index in [1.54, 1.807) is 12.3 Å². The summed E-state index contributed by atoms with van der Waals surface area (Å²) in [5, 5.41) is 0. The van der Waals surface area contributed by atoms with E-state index in [1.165, 1.54) is 0 Å². The second-order valence-corrected chi connectivity index (χ2v) is 5.02. The summed E-state index contributed by atoms with van der Waals surface area (Å²) in [6.45, 7) is 4.98. The average Bonchev–Trinajstić information content (AvgIpc) is 2.42. The molecule has 0 unspecified atom stereocenters. The van der Waals surface area contributed by atoms with Crippen LogP contribution in [0.5, 0.6) is 0 Å². The third-order valence-electron chi connectivity index (χ3n) is 3.71. The van der Waals surface area contributed by atoms with Gasteiger partial charge in [-0.3, -0.25) is 0 Å². The first-order chi connectivity index (χ1) is 8.70. The number of nitrogens with two attached hydrogens (primary N) is 1. The average molecular weight is 250 g/mol. The standard InChI is InChI=1S/C13H22N4O/c1-3-18-13(7-4-10(2)5-8-13)12-15-9-6-11(16-12)17-14/h6,9-10H,3-5,7-8,14H2,1-2H3,(H,15,16,17). The molecule has 1 heterocycles. The molecular formula is C13H22N4O. The van der Waals surface area contributed by atoms with Crippen LogP contribution in [-0.2, 0) is 10.3 Å². The summed E-state index contributed by atoms with van der Waals surface area (Å²) in [5.41, 5.74) is 2.24. The van der Waals surface area contributed by atoms with Gasteiger partial charge >= 0.3 is 0 Å². The van der Waals surface area contributed by atoms with Crippen molar-refractivity contribution in [3.05, 3.63) is 18.1 Å². The first-order valence-electron chi connectivity index (χ1n) is 6.64. The Morgan fingerprint density at radius 3 is 2.83 bits per heavy atom. The molecule has 1 fully saturated rings. The molecule has 0 aromatic carbocycles. The lowest BCUT2D eigenvalue weighted by molar-refractivity contribution is -0.0836. The highest BCUT2D eigenvalue weighted by Crippen LogP contribution is 2.41. The van der Waals surface area contributed by atoms with Gasteiger partial charge in [-0.25, -0.2) is 15.8 Å². The van der Waals surface area contributed by atoms with Crippen molar-refractivity contribution in [2.45, 2.75) is 45.1 Å². The predicted molar refractivity (Wildman–Crippen MR) is 70.8 cm³/mol. The third kappa shape index (κ3) is 2.62. The molecule has 0 aliphatic heterocycles. The molecule has 0 amide bonds. The lowest BCUT2D eigenvalue weighted by Crippen LogP contribution is -2.36. The second kappa shape index (κ2) is 5.63. The molecule has 1 aliphatic carbocycles. The molecule has 0 saturated heterocycles. The molecule has 0 spiro atoms. The first kappa shape index (κ1) is 13.2. The largest absolute Gasteiger partial charge is 0.367 e. The molecule has 1 saturated carbocycles. The molecule has 0 bridgehead atoms. The fraction of sp³-hybridized carbons (Fsp3) is 0.692. The molecule has 5 heteroatoms. The van der Waals surface area contributed by atoms with Gasteiger partial charge in [0, 0.05) is 18.9 Å². The Bertz CT molecular complexity index is 388. The SMILES string of the molecule is CCOC1(c2nccc(NN)n2)CCC(C)CC1. The summed E-state index contributed by atoms with van der Waals surface area (Å²) in [6, 6.07) is 1.76. The van der Waals surface area contributed by atoms with Crippen molar-refractivity contribution < 1.29 is 4.74 Å². The highest BCUT2D eigenvalue weighted by Gasteiger charge is 2.39. The normalized spacial score (nSPS) is 28.1. The molecule has 1 aliphatic rings. The van der Waals surface area contributed by atoms with Crippen LogP contribution in [0.25, 0.3) is 0 Å². The highest BCUT2D eigenvalue weighted by atomic mass is 16.5. The van der Waals surface area contributed by atoms with Crippen molar-refractivity contribution in [3.63, 3.8) is 0 Å². The number of hydrogen-bond donors (Lipinski definition) is 2. The number of nitrogen functional groups attached to an aromatic ring is 1. The zero-order valence-electron chi connectivity index (χ0n) is 11.1. The van der Waals surface area contributed by atoms with Crippen LogP contribution in [0.1, 0.15) is 45.4 Å². The monoisotopic (exact) mass is 250 g/mol. The van der Waals surface area contributed by atoms with Gasteiger partial charge in [0.2, 0.25) is 0 Å². The Morgan fingerprint density at radius 2 is 2.22 bits per heavy atom. The van der Waals surface area contributed by atoms with Crippen LogP contribution >= 0.6 is 0 Å². The van der Waals surface area contributed by atoms with Crippen LogP contribution in [0.15, 0.2) is 12.3 Å². The molecule has 5 nitrogen and oxygen atoms in total. The van der Waals surface area contributed by atoms with E-state index in [1.807, 2.05) is 6.92 Å². The molecule has 100 valence electrons. The number of rotatable bonds is 4. The zero-order valence-corrected chi connectivity index (χ0v) is 11.1. The van der Waals surface area contributed by atoms with Crippen molar-refractivity contribution in [1.82, 2.24) is 9.97 Å². The summed E-state index contributed by atoms with van der Waals surface area (Å²) < 4.78 is 6.01. The van der Waals surface area contributed by atoms with Crippen molar-refractivity contribution in [2.75, 3.05) is 12.0 Å². The topological polar surface area (TPSA) is 73.1 Å². The molecule has 2 rings (SSSR count). The van der Waals surface area contributed by atoms with Gasteiger partial charge in [-0.15, -0.1) is 0 Å². The van der Waals surface area contributed by atoms with Crippen molar-refractivity contribution in [2.24, 2.45) is 11.8 Å². The Balaban J connectivity index is 2.28. The summed E-state index contributed by atoms with van der Waals surface area (Å²) in [6.07, 6.45) is 6.01. The fourth-order valence-electron chi connectivity index (χ4n) is 2.60. The number of nitrogens with zero attached hydrogens (tertiary/aromatic N) is 2. The molecular weight excluding hydrogens is 228 g/mol. The summed E-state index contributed by atoms with van der Waals surface area (Å²) >= 11 is 0. The van der Waals surface area contributed by atoms with E-state index in [0.717, 1.165) is 37.4 Å². The first-order valence-corrected chi connectivity index (χ1v) is 6.64. The van der Waals surface area contributed by atoms with Gasteiger partial charge in [0.05, 0.1) is 0 Å². The van der Waals surface area contributed by atoms with E-state index in [0.29, 0.717) is 12.4 Å². The van der Waals surface area contributed by atoms with E-state index in [4.69, 9.17) is 10.6 Å². The maximum absolute atomic E-state index is 6.01. The zero-order chi connectivity index (χ0) is 13.0. The highest BCUT2D eigenvalue weighted by molar-refractivity contribution is 5.31. The minimum absolute atomic E-state index is 0.325. The maximum Gasteiger partial charge on any atom is 0.162 e. The number of anilines is 1. The van der Waals surface area contributed by atoms with Crippen LogP contribution in [-0.4, -0.2) is 16.6 Å².